The zero-order chi connectivity index (χ0) is 20.6. The number of furan rings is 1. The summed E-state index contributed by atoms with van der Waals surface area (Å²) in [6.07, 6.45) is 5.06. The molecule has 2 N–H and O–H groups in total. The van der Waals surface area contributed by atoms with Gasteiger partial charge in [-0.3, -0.25) is 4.79 Å². The molecule has 0 aromatic carbocycles. The summed E-state index contributed by atoms with van der Waals surface area (Å²) in [5.74, 6) is 2.26. The smallest absolute Gasteiger partial charge is 0.243 e. The van der Waals surface area contributed by atoms with Crippen LogP contribution in [0, 0.1) is 0 Å². The highest BCUT2D eigenvalue weighted by Crippen LogP contribution is 2.25. The van der Waals surface area contributed by atoms with Crippen LogP contribution in [0.2, 0.25) is 5.02 Å². The number of pyridine rings is 1. The highest BCUT2D eigenvalue weighted by molar-refractivity contribution is 14.0. The van der Waals surface area contributed by atoms with Crippen LogP contribution < -0.4 is 15.5 Å². The monoisotopic (exact) mass is 546 g/mol. The van der Waals surface area contributed by atoms with Crippen LogP contribution >= 0.6 is 35.6 Å². The second kappa shape index (κ2) is 12.0. The van der Waals surface area contributed by atoms with Gasteiger partial charge in [-0.05, 0) is 30.7 Å². The predicted molar refractivity (Wildman–Crippen MR) is 130 cm³/mol. The Labute approximate surface area is 199 Å². The summed E-state index contributed by atoms with van der Waals surface area (Å²) < 4.78 is 5.37. The Balaban J connectivity index is 0.00000320. The van der Waals surface area contributed by atoms with Crippen LogP contribution in [-0.4, -0.2) is 68.1 Å². The van der Waals surface area contributed by atoms with Gasteiger partial charge < -0.3 is 24.9 Å². The molecule has 10 heteroatoms. The molecule has 0 bridgehead atoms. The lowest BCUT2D eigenvalue weighted by Gasteiger charge is -2.20. The second-order valence-electron chi connectivity index (χ2n) is 7.09. The fourth-order valence-corrected chi connectivity index (χ4v) is 3.31. The molecule has 3 rings (SSSR count). The van der Waals surface area contributed by atoms with Gasteiger partial charge in [0.05, 0.1) is 11.3 Å². The number of hydrogen-bond donors (Lipinski definition) is 2. The quantitative estimate of drug-likeness (QED) is 0.315. The third kappa shape index (κ3) is 7.05. The van der Waals surface area contributed by atoms with Gasteiger partial charge in [-0.2, -0.15) is 0 Å². The number of aliphatic imine (C=N–C) groups is 1. The lowest BCUT2D eigenvalue weighted by Crippen LogP contribution is -2.45. The SMILES string of the molecule is CN(C)C(=O)CN=C(NCCc1ccco1)NC1CCN(c2ncccc2Cl)C1.I. The second-order valence-corrected chi connectivity index (χ2v) is 7.50. The number of hydrogen-bond acceptors (Lipinski definition) is 5. The zero-order valence-corrected chi connectivity index (χ0v) is 20.3. The first-order valence-electron chi connectivity index (χ1n) is 9.66. The van der Waals surface area contributed by atoms with Crippen molar-refractivity contribution in [3.8, 4) is 0 Å². The van der Waals surface area contributed by atoms with E-state index in [-0.39, 0.29) is 42.5 Å². The summed E-state index contributed by atoms with van der Waals surface area (Å²) in [5, 5.41) is 7.38. The number of halogens is 2. The van der Waals surface area contributed by atoms with E-state index in [1.807, 2.05) is 24.3 Å². The van der Waals surface area contributed by atoms with E-state index in [4.69, 9.17) is 16.0 Å². The third-order valence-electron chi connectivity index (χ3n) is 4.68. The molecule has 0 spiro atoms. The lowest BCUT2D eigenvalue weighted by atomic mass is 10.3. The first-order valence-corrected chi connectivity index (χ1v) is 10.0. The normalized spacial score (nSPS) is 16.2. The van der Waals surface area contributed by atoms with Crippen molar-refractivity contribution in [2.75, 3.05) is 45.2 Å². The number of nitrogens with zero attached hydrogens (tertiary/aromatic N) is 4. The highest BCUT2D eigenvalue weighted by Gasteiger charge is 2.25. The fourth-order valence-electron chi connectivity index (χ4n) is 3.07. The Bertz CT molecular complexity index is 830. The molecular weight excluding hydrogens is 519 g/mol. The Hall–Kier alpha value is -2.01. The summed E-state index contributed by atoms with van der Waals surface area (Å²) >= 11 is 6.28. The number of amides is 1. The van der Waals surface area contributed by atoms with E-state index < -0.39 is 0 Å². The Morgan fingerprint density at radius 1 is 1.40 bits per heavy atom. The number of anilines is 1. The molecular formula is C20H28ClIN6O2. The van der Waals surface area contributed by atoms with Crippen molar-refractivity contribution in [3.63, 3.8) is 0 Å². The Kier molecular flexibility index (Phi) is 9.70. The summed E-state index contributed by atoms with van der Waals surface area (Å²) in [5.41, 5.74) is 0. The van der Waals surface area contributed by atoms with Crippen LogP contribution in [0.4, 0.5) is 5.82 Å². The molecule has 30 heavy (non-hydrogen) atoms. The van der Waals surface area contributed by atoms with Gasteiger partial charge >= 0.3 is 0 Å². The molecule has 1 aliphatic heterocycles. The molecule has 1 atom stereocenters. The van der Waals surface area contributed by atoms with Crippen molar-refractivity contribution in [2.24, 2.45) is 4.99 Å². The van der Waals surface area contributed by atoms with E-state index in [9.17, 15) is 4.79 Å². The van der Waals surface area contributed by atoms with Gasteiger partial charge in [0.25, 0.3) is 0 Å². The number of carbonyl (C=O) groups is 1. The molecule has 3 heterocycles. The number of carbonyl (C=O) groups excluding carboxylic acids is 1. The fraction of sp³-hybridized carbons (Fsp3) is 0.450. The van der Waals surface area contributed by atoms with Crippen molar-refractivity contribution >= 4 is 53.3 Å². The van der Waals surface area contributed by atoms with Gasteiger partial charge in [-0.15, -0.1) is 24.0 Å². The van der Waals surface area contributed by atoms with E-state index in [0.717, 1.165) is 37.5 Å². The molecule has 1 saturated heterocycles. The number of rotatable bonds is 7. The molecule has 1 unspecified atom stereocenters. The molecule has 0 saturated carbocycles. The average molecular weight is 547 g/mol. The molecule has 1 fully saturated rings. The number of aromatic nitrogens is 1. The number of guanidine groups is 1. The maximum Gasteiger partial charge on any atom is 0.243 e. The number of likely N-dealkylation sites (N-methyl/N-ethyl adjacent to an activating group) is 1. The Morgan fingerprint density at radius 3 is 2.93 bits per heavy atom. The van der Waals surface area contributed by atoms with Crippen molar-refractivity contribution in [3.05, 3.63) is 47.5 Å². The van der Waals surface area contributed by atoms with Crippen LogP contribution in [0.1, 0.15) is 12.2 Å². The molecule has 1 amide bonds. The lowest BCUT2D eigenvalue weighted by molar-refractivity contribution is -0.127. The van der Waals surface area contributed by atoms with Crippen LogP contribution in [0.25, 0.3) is 0 Å². The molecule has 8 nitrogen and oxygen atoms in total. The number of nitrogens with one attached hydrogen (secondary N) is 2. The van der Waals surface area contributed by atoms with Crippen LogP contribution in [-0.2, 0) is 11.2 Å². The van der Waals surface area contributed by atoms with Crippen LogP contribution in [0.3, 0.4) is 0 Å². The van der Waals surface area contributed by atoms with Crippen LogP contribution in [0.5, 0.6) is 0 Å². The minimum Gasteiger partial charge on any atom is -0.469 e. The van der Waals surface area contributed by atoms with Crippen molar-refractivity contribution in [1.82, 2.24) is 20.5 Å². The molecule has 0 radical (unpaired) electrons. The van der Waals surface area contributed by atoms with Crippen molar-refractivity contribution in [1.29, 1.82) is 0 Å². The summed E-state index contributed by atoms with van der Waals surface area (Å²) in [4.78, 5) is 24.5. The molecule has 164 valence electrons. The van der Waals surface area contributed by atoms with E-state index >= 15 is 0 Å². The van der Waals surface area contributed by atoms with Crippen molar-refractivity contribution < 1.29 is 9.21 Å². The molecule has 1 aliphatic rings. The van der Waals surface area contributed by atoms with Gasteiger partial charge in [-0.1, -0.05) is 11.6 Å². The predicted octanol–water partition coefficient (Wildman–Crippen LogP) is 2.39. The maximum atomic E-state index is 11.9. The van der Waals surface area contributed by atoms with Gasteiger partial charge in [-0.25, -0.2) is 9.98 Å². The third-order valence-corrected chi connectivity index (χ3v) is 4.98. The average Bonchev–Trinajstić information content (AvgIpc) is 3.38. The van der Waals surface area contributed by atoms with Gasteiger partial charge in [0.15, 0.2) is 5.96 Å². The first-order chi connectivity index (χ1) is 14.0. The Morgan fingerprint density at radius 2 is 2.23 bits per heavy atom. The van der Waals surface area contributed by atoms with E-state index in [1.54, 1.807) is 26.6 Å². The first kappa shape index (κ1) is 24.3. The highest BCUT2D eigenvalue weighted by atomic mass is 127. The van der Waals surface area contributed by atoms with Crippen LogP contribution in [0.15, 0.2) is 46.1 Å². The molecule has 0 aliphatic carbocycles. The largest absolute Gasteiger partial charge is 0.469 e. The van der Waals surface area contributed by atoms with Gasteiger partial charge in [0.2, 0.25) is 5.91 Å². The van der Waals surface area contributed by atoms with Crippen molar-refractivity contribution in [2.45, 2.75) is 18.9 Å². The topological polar surface area (TPSA) is 86.0 Å². The summed E-state index contributed by atoms with van der Waals surface area (Å²) in [7, 11) is 3.45. The maximum absolute atomic E-state index is 11.9. The molecule has 2 aromatic heterocycles. The minimum atomic E-state index is -0.0505. The summed E-state index contributed by atoms with van der Waals surface area (Å²) in [6, 6.07) is 7.66. The van der Waals surface area contributed by atoms with Gasteiger partial charge in [0, 0.05) is 52.4 Å². The zero-order valence-electron chi connectivity index (χ0n) is 17.2. The molecule has 2 aromatic rings. The van der Waals surface area contributed by atoms with E-state index in [0.29, 0.717) is 17.5 Å². The summed E-state index contributed by atoms with van der Waals surface area (Å²) in [6.45, 7) is 2.35. The van der Waals surface area contributed by atoms with E-state index in [1.165, 1.54) is 4.90 Å². The van der Waals surface area contributed by atoms with Gasteiger partial charge in [0.1, 0.15) is 18.1 Å². The standard InChI is InChI=1S/C20H27ClN6O2.HI/c1-26(2)18(28)13-24-20(23-10-7-16-5-4-12-29-16)25-15-8-11-27(14-15)19-17(21)6-3-9-22-19;/h3-6,9,12,15H,7-8,10-11,13-14H2,1-2H3,(H2,23,24,25);1H. The minimum absolute atomic E-state index is 0. The van der Waals surface area contributed by atoms with E-state index in [2.05, 4.69) is 25.5 Å².